The summed E-state index contributed by atoms with van der Waals surface area (Å²) in [5.74, 6) is 0. The molecule has 1 N–H and O–H groups in total. The third-order valence-electron chi connectivity index (χ3n) is 2.75. The largest absolute Gasteiger partial charge is 0.389 e. The van der Waals surface area contributed by atoms with Gasteiger partial charge in [-0.25, -0.2) is 0 Å². The Labute approximate surface area is 106 Å². The number of aromatic nitrogens is 1. The maximum Gasteiger partial charge on any atom is 0.389 e. The van der Waals surface area contributed by atoms with Gasteiger partial charge in [0.1, 0.15) is 0 Å². The van der Waals surface area contributed by atoms with Crippen LogP contribution in [-0.4, -0.2) is 23.7 Å². The minimum atomic E-state index is -4.03. The summed E-state index contributed by atoms with van der Waals surface area (Å²) in [6, 6.07) is 4.00. The van der Waals surface area contributed by atoms with Crippen LogP contribution in [0.5, 0.6) is 0 Å². The van der Waals surface area contributed by atoms with Gasteiger partial charge >= 0.3 is 6.18 Å². The SMILES string of the molecule is CC(CCCC(F)(F)F)NCCc1ccncc1. The van der Waals surface area contributed by atoms with E-state index in [0.717, 1.165) is 13.0 Å². The van der Waals surface area contributed by atoms with Crippen molar-refractivity contribution in [3.8, 4) is 0 Å². The quantitative estimate of drug-likeness (QED) is 0.813. The highest BCUT2D eigenvalue weighted by molar-refractivity contribution is 5.09. The summed E-state index contributed by atoms with van der Waals surface area (Å²) in [7, 11) is 0. The molecule has 0 radical (unpaired) electrons. The first-order chi connectivity index (χ1) is 8.47. The molecular weight excluding hydrogens is 241 g/mol. The van der Waals surface area contributed by atoms with E-state index in [9.17, 15) is 13.2 Å². The van der Waals surface area contributed by atoms with Crippen LogP contribution in [0.15, 0.2) is 24.5 Å². The van der Waals surface area contributed by atoms with Crippen LogP contribution >= 0.6 is 0 Å². The van der Waals surface area contributed by atoms with E-state index in [-0.39, 0.29) is 12.5 Å². The molecule has 0 fully saturated rings. The predicted molar refractivity (Wildman–Crippen MR) is 65.3 cm³/mol. The van der Waals surface area contributed by atoms with Gasteiger partial charge in [-0.1, -0.05) is 0 Å². The average Bonchev–Trinajstić information content (AvgIpc) is 2.28. The van der Waals surface area contributed by atoms with Crippen molar-refractivity contribution in [2.24, 2.45) is 0 Å². The standard InChI is InChI=1S/C13H19F3N2/c1-11(3-2-7-13(14,15)16)18-10-6-12-4-8-17-9-5-12/h4-5,8-9,11,18H,2-3,6-7,10H2,1H3. The van der Waals surface area contributed by atoms with Crippen LogP contribution in [0, 0.1) is 0 Å². The summed E-state index contributed by atoms with van der Waals surface area (Å²) >= 11 is 0. The van der Waals surface area contributed by atoms with Gasteiger partial charge in [0.2, 0.25) is 0 Å². The molecule has 0 aliphatic rings. The van der Waals surface area contributed by atoms with Crippen LogP contribution in [0.25, 0.3) is 0 Å². The zero-order valence-corrected chi connectivity index (χ0v) is 10.5. The molecule has 2 nitrogen and oxygen atoms in total. The second kappa shape index (κ2) is 7.36. The van der Waals surface area contributed by atoms with Gasteiger partial charge in [-0.15, -0.1) is 0 Å². The molecule has 1 rings (SSSR count). The van der Waals surface area contributed by atoms with Crippen molar-refractivity contribution >= 4 is 0 Å². The lowest BCUT2D eigenvalue weighted by molar-refractivity contribution is -0.135. The lowest BCUT2D eigenvalue weighted by atomic mass is 10.1. The Kier molecular flexibility index (Phi) is 6.12. The second-order valence-electron chi connectivity index (χ2n) is 4.47. The molecule has 1 heterocycles. The van der Waals surface area contributed by atoms with Gasteiger partial charge in [0, 0.05) is 24.9 Å². The minimum absolute atomic E-state index is 0.120. The zero-order valence-electron chi connectivity index (χ0n) is 10.5. The van der Waals surface area contributed by atoms with Gasteiger partial charge in [0.05, 0.1) is 0 Å². The molecule has 0 saturated carbocycles. The molecular formula is C13H19F3N2. The first-order valence-electron chi connectivity index (χ1n) is 6.16. The lowest BCUT2D eigenvalue weighted by Gasteiger charge is -2.14. The number of halogens is 3. The molecule has 18 heavy (non-hydrogen) atoms. The number of nitrogens with one attached hydrogen (secondary N) is 1. The second-order valence-corrected chi connectivity index (χ2v) is 4.47. The van der Waals surface area contributed by atoms with E-state index in [0.29, 0.717) is 6.42 Å². The molecule has 0 amide bonds. The monoisotopic (exact) mass is 260 g/mol. The molecule has 0 aliphatic heterocycles. The summed E-state index contributed by atoms with van der Waals surface area (Å²) < 4.78 is 35.9. The van der Waals surface area contributed by atoms with Crippen molar-refractivity contribution in [2.75, 3.05) is 6.54 Å². The molecule has 0 aliphatic carbocycles. The Balaban J connectivity index is 2.09. The third kappa shape index (κ3) is 7.27. The van der Waals surface area contributed by atoms with Crippen LogP contribution in [0.2, 0.25) is 0 Å². The number of alkyl halides is 3. The van der Waals surface area contributed by atoms with E-state index in [2.05, 4.69) is 10.3 Å². The van der Waals surface area contributed by atoms with Gasteiger partial charge < -0.3 is 5.32 Å². The summed E-state index contributed by atoms with van der Waals surface area (Å²) in [6.07, 6.45) is 0.360. The van der Waals surface area contributed by atoms with E-state index in [1.807, 2.05) is 19.1 Å². The molecule has 1 unspecified atom stereocenters. The normalized spacial score (nSPS) is 13.6. The fourth-order valence-electron chi connectivity index (χ4n) is 1.72. The van der Waals surface area contributed by atoms with Gasteiger partial charge in [-0.05, 0) is 50.4 Å². The molecule has 102 valence electrons. The molecule has 1 aromatic rings. The van der Waals surface area contributed by atoms with E-state index in [1.54, 1.807) is 12.4 Å². The fourth-order valence-corrected chi connectivity index (χ4v) is 1.72. The minimum Gasteiger partial charge on any atom is -0.314 e. The average molecular weight is 260 g/mol. The van der Waals surface area contributed by atoms with Crippen LogP contribution in [-0.2, 0) is 6.42 Å². The van der Waals surface area contributed by atoms with Crippen LogP contribution < -0.4 is 5.32 Å². The van der Waals surface area contributed by atoms with Gasteiger partial charge in [-0.2, -0.15) is 13.2 Å². The number of rotatable bonds is 7. The number of hydrogen-bond donors (Lipinski definition) is 1. The van der Waals surface area contributed by atoms with Crippen LogP contribution in [0.4, 0.5) is 13.2 Å². The van der Waals surface area contributed by atoms with Crippen molar-refractivity contribution in [3.05, 3.63) is 30.1 Å². The molecule has 0 saturated heterocycles. The van der Waals surface area contributed by atoms with E-state index in [4.69, 9.17) is 0 Å². The maximum absolute atomic E-state index is 12.0. The lowest BCUT2D eigenvalue weighted by Crippen LogP contribution is -2.28. The van der Waals surface area contributed by atoms with Crippen LogP contribution in [0.1, 0.15) is 31.7 Å². The molecule has 1 aromatic heterocycles. The summed E-state index contributed by atoms with van der Waals surface area (Å²) in [5, 5.41) is 3.23. The van der Waals surface area contributed by atoms with Gasteiger partial charge in [0.25, 0.3) is 0 Å². The van der Waals surface area contributed by atoms with Crippen molar-refractivity contribution in [2.45, 2.75) is 44.8 Å². The Morgan fingerprint density at radius 2 is 1.94 bits per heavy atom. The highest BCUT2D eigenvalue weighted by Crippen LogP contribution is 2.22. The summed E-state index contributed by atoms with van der Waals surface area (Å²) in [6.45, 7) is 2.69. The fraction of sp³-hybridized carbons (Fsp3) is 0.615. The van der Waals surface area contributed by atoms with E-state index < -0.39 is 12.6 Å². The smallest absolute Gasteiger partial charge is 0.314 e. The third-order valence-corrected chi connectivity index (χ3v) is 2.75. The van der Waals surface area contributed by atoms with E-state index >= 15 is 0 Å². The van der Waals surface area contributed by atoms with Gasteiger partial charge in [-0.3, -0.25) is 4.98 Å². The summed E-state index contributed by atoms with van der Waals surface area (Å²) in [4.78, 5) is 3.93. The molecule has 0 aromatic carbocycles. The maximum atomic E-state index is 12.0. The number of pyridine rings is 1. The first-order valence-corrected chi connectivity index (χ1v) is 6.16. The molecule has 1 atom stereocenters. The van der Waals surface area contributed by atoms with Gasteiger partial charge in [0.15, 0.2) is 0 Å². The topological polar surface area (TPSA) is 24.9 Å². The van der Waals surface area contributed by atoms with Crippen molar-refractivity contribution in [1.29, 1.82) is 0 Å². The first kappa shape index (κ1) is 15.0. The Morgan fingerprint density at radius 1 is 1.28 bits per heavy atom. The summed E-state index contributed by atoms with van der Waals surface area (Å²) in [5.41, 5.74) is 1.18. The van der Waals surface area contributed by atoms with E-state index in [1.165, 1.54) is 5.56 Å². The molecule has 5 heteroatoms. The Bertz CT molecular complexity index is 325. The predicted octanol–water partition coefficient (Wildman–Crippen LogP) is 3.33. The number of hydrogen-bond acceptors (Lipinski definition) is 2. The molecule has 0 bridgehead atoms. The zero-order chi connectivity index (χ0) is 13.4. The highest BCUT2D eigenvalue weighted by Gasteiger charge is 2.26. The van der Waals surface area contributed by atoms with Crippen molar-refractivity contribution < 1.29 is 13.2 Å². The van der Waals surface area contributed by atoms with Crippen molar-refractivity contribution in [1.82, 2.24) is 10.3 Å². The van der Waals surface area contributed by atoms with Crippen LogP contribution in [0.3, 0.4) is 0 Å². The molecule has 0 spiro atoms. The Hall–Kier alpha value is -1.10. The number of nitrogens with zero attached hydrogens (tertiary/aromatic N) is 1. The highest BCUT2D eigenvalue weighted by atomic mass is 19.4. The Morgan fingerprint density at radius 3 is 2.56 bits per heavy atom. The van der Waals surface area contributed by atoms with Crippen molar-refractivity contribution in [3.63, 3.8) is 0 Å².